The Hall–Kier alpha value is -0.540. The minimum absolute atomic E-state index is 0.869. The van der Waals surface area contributed by atoms with Crippen molar-refractivity contribution in [3.8, 4) is 0 Å². The van der Waals surface area contributed by atoms with E-state index in [1.165, 1.54) is 41.7 Å². The summed E-state index contributed by atoms with van der Waals surface area (Å²) in [6.07, 6.45) is 2.63. The molecule has 0 radical (unpaired) electrons. The largest absolute Gasteiger partial charge is 0.375 e. The number of nitrogens with one attached hydrogen (secondary N) is 1. The Morgan fingerprint density at radius 3 is 2.94 bits per heavy atom. The highest BCUT2D eigenvalue weighted by Gasteiger charge is 2.14. The molecule has 1 aliphatic rings. The molecule has 0 amide bonds. The van der Waals surface area contributed by atoms with Crippen LogP contribution in [0.1, 0.15) is 18.4 Å². The van der Waals surface area contributed by atoms with Crippen molar-refractivity contribution in [2.24, 2.45) is 5.92 Å². The molecule has 1 atom stereocenters. The average molecular weight is 297 g/mol. The number of rotatable bonds is 4. The fourth-order valence-corrected chi connectivity index (χ4v) is 2.58. The summed E-state index contributed by atoms with van der Waals surface area (Å²) in [6, 6.07) is 6.57. The van der Waals surface area contributed by atoms with Crippen LogP contribution in [0.3, 0.4) is 0 Å². The number of benzene rings is 1. The molecule has 1 aromatic carbocycles. The Bertz CT molecular complexity index is 372. The first kappa shape index (κ1) is 12.9. The van der Waals surface area contributed by atoms with Crippen LogP contribution < -0.4 is 10.2 Å². The molecule has 1 saturated heterocycles. The van der Waals surface area contributed by atoms with Crippen LogP contribution in [0.4, 0.5) is 5.69 Å². The highest BCUT2D eigenvalue weighted by molar-refractivity contribution is 9.10. The maximum Gasteiger partial charge on any atom is 0.0367 e. The third-order valence-corrected chi connectivity index (χ3v) is 4.51. The van der Waals surface area contributed by atoms with E-state index >= 15 is 0 Å². The summed E-state index contributed by atoms with van der Waals surface area (Å²) in [4.78, 5) is 2.36. The van der Waals surface area contributed by atoms with Crippen LogP contribution >= 0.6 is 15.9 Å². The van der Waals surface area contributed by atoms with Gasteiger partial charge in [-0.2, -0.15) is 0 Å². The van der Waals surface area contributed by atoms with E-state index in [1.807, 2.05) is 0 Å². The van der Waals surface area contributed by atoms with Gasteiger partial charge >= 0.3 is 0 Å². The van der Waals surface area contributed by atoms with Gasteiger partial charge in [0.1, 0.15) is 0 Å². The van der Waals surface area contributed by atoms with E-state index in [0.717, 1.165) is 12.5 Å². The summed E-state index contributed by atoms with van der Waals surface area (Å²) in [5.74, 6) is 0.869. The molecule has 0 bridgehead atoms. The van der Waals surface area contributed by atoms with Crippen molar-refractivity contribution in [2.75, 3.05) is 31.6 Å². The molecule has 1 fully saturated rings. The van der Waals surface area contributed by atoms with E-state index in [4.69, 9.17) is 0 Å². The van der Waals surface area contributed by atoms with Crippen LogP contribution in [0.2, 0.25) is 0 Å². The van der Waals surface area contributed by atoms with Crippen LogP contribution in [0.5, 0.6) is 0 Å². The predicted molar refractivity (Wildman–Crippen MR) is 77.7 cm³/mol. The summed E-state index contributed by atoms with van der Waals surface area (Å²) in [6.45, 7) is 5.69. The van der Waals surface area contributed by atoms with Gasteiger partial charge in [0.15, 0.2) is 0 Å². The fraction of sp³-hybridized carbons (Fsp3) is 0.571. The highest BCUT2D eigenvalue weighted by atomic mass is 79.9. The quantitative estimate of drug-likeness (QED) is 0.918. The minimum atomic E-state index is 0.869. The van der Waals surface area contributed by atoms with Crippen molar-refractivity contribution in [1.82, 2.24) is 5.32 Å². The molecule has 2 nitrogen and oxygen atoms in total. The van der Waals surface area contributed by atoms with Crippen LogP contribution in [0.15, 0.2) is 22.7 Å². The summed E-state index contributed by atoms with van der Waals surface area (Å²) in [5.41, 5.74) is 2.62. The van der Waals surface area contributed by atoms with E-state index < -0.39 is 0 Å². The molecule has 94 valence electrons. The zero-order chi connectivity index (χ0) is 12.3. The number of halogens is 1. The lowest BCUT2D eigenvalue weighted by Gasteiger charge is -2.21. The van der Waals surface area contributed by atoms with Crippen molar-refractivity contribution >= 4 is 21.6 Å². The molecular weight excluding hydrogens is 276 g/mol. The first-order valence-electron chi connectivity index (χ1n) is 6.35. The molecule has 1 N–H and O–H groups in total. The summed E-state index contributed by atoms with van der Waals surface area (Å²) < 4.78 is 1.19. The van der Waals surface area contributed by atoms with Crippen LogP contribution in [0, 0.1) is 12.8 Å². The Morgan fingerprint density at radius 1 is 1.47 bits per heavy atom. The molecule has 0 aliphatic carbocycles. The second-order valence-electron chi connectivity index (χ2n) is 5.00. The molecule has 0 saturated carbocycles. The Morgan fingerprint density at radius 2 is 2.29 bits per heavy atom. The van der Waals surface area contributed by atoms with Gasteiger partial charge in [-0.15, -0.1) is 0 Å². The van der Waals surface area contributed by atoms with E-state index in [9.17, 15) is 0 Å². The topological polar surface area (TPSA) is 15.3 Å². The number of hydrogen-bond donors (Lipinski definition) is 1. The van der Waals surface area contributed by atoms with Gasteiger partial charge in [0.05, 0.1) is 0 Å². The summed E-state index contributed by atoms with van der Waals surface area (Å²) in [5, 5.41) is 3.43. The van der Waals surface area contributed by atoms with Crippen molar-refractivity contribution in [3.63, 3.8) is 0 Å². The maximum absolute atomic E-state index is 3.54. The zero-order valence-electron chi connectivity index (χ0n) is 10.7. The van der Waals surface area contributed by atoms with Gasteiger partial charge in [-0.25, -0.2) is 0 Å². The predicted octanol–water partition coefficient (Wildman–Crippen LogP) is 3.19. The smallest absolute Gasteiger partial charge is 0.0367 e. The van der Waals surface area contributed by atoms with Crippen molar-refractivity contribution in [1.29, 1.82) is 0 Å². The van der Waals surface area contributed by atoms with E-state index in [-0.39, 0.29) is 0 Å². The van der Waals surface area contributed by atoms with Crippen LogP contribution in [-0.4, -0.2) is 26.7 Å². The standard InChI is InChI=1S/C14H21BrN2/c1-11-9-13(3-4-14(11)15)17(2)8-6-12-5-7-16-10-12/h3-4,9,12,16H,5-8,10H2,1-2H3. The zero-order valence-corrected chi connectivity index (χ0v) is 12.3. The highest BCUT2D eigenvalue weighted by Crippen LogP contribution is 2.23. The van der Waals surface area contributed by atoms with Crippen molar-refractivity contribution in [3.05, 3.63) is 28.2 Å². The summed E-state index contributed by atoms with van der Waals surface area (Å²) >= 11 is 3.54. The van der Waals surface area contributed by atoms with Gasteiger partial charge in [-0.05, 0) is 62.5 Å². The third-order valence-electron chi connectivity index (χ3n) is 3.62. The number of anilines is 1. The van der Waals surface area contributed by atoms with Gasteiger partial charge < -0.3 is 10.2 Å². The van der Waals surface area contributed by atoms with Gasteiger partial charge in [0.25, 0.3) is 0 Å². The molecule has 1 heterocycles. The first-order valence-corrected chi connectivity index (χ1v) is 7.14. The van der Waals surface area contributed by atoms with Gasteiger partial charge in [-0.1, -0.05) is 15.9 Å². The second-order valence-corrected chi connectivity index (χ2v) is 5.86. The molecule has 1 unspecified atom stereocenters. The molecule has 0 spiro atoms. The minimum Gasteiger partial charge on any atom is -0.375 e. The van der Waals surface area contributed by atoms with Crippen LogP contribution in [0.25, 0.3) is 0 Å². The maximum atomic E-state index is 3.54. The third kappa shape index (κ3) is 3.46. The Balaban J connectivity index is 1.89. The van der Waals surface area contributed by atoms with Gasteiger partial charge in [0.2, 0.25) is 0 Å². The Kier molecular flexibility index (Phi) is 4.46. The molecule has 17 heavy (non-hydrogen) atoms. The lowest BCUT2D eigenvalue weighted by molar-refractivity contribution is 0.533. The first-order chi connectivity index (χ1) is 8.16. The second kappa shape index (κ2) is 5.87. The van der Waals surface area contributed by atoms with Gasteiger partial charge in [-0.3, -0.25) is 0 Å². The lowest BCUT2D eigenvalue weighted by atomic mass is 10.0. The molecular formula is C14H21BrN2. The normalized spacial score (nSPS) is 19.6. The van der Waals surface area contributed by atoms with E-state index in [0.29, 0.717) is 0 Å². The molecule has 3 heteroatoms. The van der Waals surface area contributed by atoms with Gasteiger partial charge in [0, 0.05) is 23.8 Å². The van der Waals surface area contributed by atoms with Crippen molar-refractivity contribution < 1.29 is 0 Å². The molecule has 1 aromatic rings. The van der Waals surface area contributed by atoms with E-state index in [1.54, 1.807) is 0 Å². The monoisotopic (exact) mass is 296 g/mol. The summed E-state index contributed by atoms with van der Waals surface area (Å²) in [7, 11) is 2.19. The van der Waals surface area contributed by atoms with Crippen molar-refractivity contribution in [2.45, 2.75) is 19.8 Å². The van der Waals surface area contributed by atoms with E-state index in [2.05, 4.69) is 58.3 Å². The molecule has 1 aliphatic heterocycles. The average Bonchev–Trinajstić information content (AvgIpc) is 2.82. The number of nitrogens with zero attached hydrogens (tertiary/aromatic N) is 1. The number of aryl methyl sites for hydroxylation is 1. The van der Waals surface area contributed by atoms with Crippen LogP contribution in [-0.2, 0) is 0 Å². The molecule has 0 aromatic heterocycles. The lowest BCUT2D eigenvalue weighted by Crippen LogP contribution is -2.22. The SMILES string of the molecule is Cc1cc(N(C)CCC2CCNC2)ccc1Br. The molecule has 2 rings (SSSR count). The fourth-order valence-electron chi connectivity index (χ4n) is 2.33. The Labute approximate surface area is 113 Å². The number of hydrogen-bond acceptors (Lipinski definition) is 2.